The molecule has 0 radical (unpaired) electrons. The Kier molecular flexibility index (Phi) is 6.86. The van der Waals surface area contributed by atoms with Gasteiger partial charge in [-0.3, -0.25) is 4.79 Å². The first-order valence-corrected chi connectivity index (χ1v) is 8.49. The maximum atomic E-state index is 12.3. The number of rotatable bonds is 3. The second-order valence-electron chi connectivity index (χ2n) is 5.22. The van der Waals surface area contributed by atoms with Crippen LogP contribution in [-0.4, -0.2) is 37.1 Å². The molecule has 0 aliphatic carbocycles. The van der Waals surface area contributed by atoms with E-state index >= 15 is 0 Å². The van der Waals surface area contributed by atoms with Gasteiger partial charge in [-0.2, -0.15) is 0 Å². The monoisotopic (exact) mass is 430 g/mol. The summed E-state index contributed by atoms with van der Waals surface area (Å²) in [5.74, 6) is 0.234. The molecule has 1 aromatic heterocycles. The van der Waals surface area contributed by atoms with Crippen LogP contribution in [0.5, 0.6) is 0 Å². The van der Waals surface area contributed by atoms with Gasteiger partial charge in [0.1, 0.15) is 5.82 Å². The summed E-state index contributed by atoms with van der Waals surface area (Å²) in [4.78, 5) is 18.8. The molecule has 2 aromatic rings. The van der Waals surface area contributed by atoms with Crippen molar-refractivity contribution in [3.8, 4) is 0 Å². The summed E-state index contributed by atoms with van der Waals surface area (Å²) in [6.45, 7) is 3.87. The molecule has 1 aromatic carbocycles. The Bertz CT molecular complexity index is 706. The van der Waals surface area contributed by atoms with Gasteiger partial charge < -0.3 is 15.5 Å². The number of aromatic nitrogens is 1. The average molecular weight is 432 g/mol. The van der Waals surface area contributed by atoms with Gasteiger partial charge in [0, 0.05) is 30.7 Å². The molecule has 0 atom stereocenters. The number of carbonyl (C=O) groups excluding carboxylic acids is 1. The van der Waals surface area contributed by atoms with Gasteiger partial charge in [0.25, 0.3) is 5.91 Å². The second-order valence-corrected chi connectivity index (χ2v) is 6.54. The van der Waals surface area contributed by atoms with Gasteiger partial charge in [0.15, 0.2) is 0 Å². The quantitative estimate of drug-likeness (QED) is 0.779. The van der Waals surface area contributed by atoms with Crippen molar-refractivity contribution >= 4 is 57.4 Å². The Morgan fingerprint density at radius 2 is 2.00 bits per heavy atom. The molecule has 1 aliphatic heterocycles. The second kappa shape index (κ2) is 8.67. The highest BCUT2D eigenvalue weighted by molar-refractivity contribution is 9.10. The van der Waals surface area contributed by atoms with Crippen molar-refractivity contribution in [1.29, 1.82) is 0 Å². The molecule has 0 spiro atoms. The zero-order valence-corrected chi connectivity index (χ0v) is 15.9. The average Bonchev–Trinajstić information content (AvgIpc) is 2.56. The number of carbonyl (C=O) groups is 1. The molecule has 1 amide bonds. The molecular formula is C16H17BrCl2N4O. The van der Waals surface area contributed by atoms with Gasteiger partial charge in [0.05, 0.1) is 22.5 Å². The number of anilines is 2. The van der Waals surface area contributed by atoms with Gasteiger partial charge >= 0.3 is 0 Å². The number of hydrogen-bond donors (Lipinski definition) is 2. The van der Waals surface area contributed by atoms with Crippen molar-refractivity contribution in [1.82, 2.24) is 10.3 Å². The molecule has 1 fully saturated rings. The van der Waals surface area contributed by atoms with E-state index in [2.05, 4.69) is 36.4 Å². The van der Waals surface area contributed by atoms with Crippen LogP contribution in [0.25, 0.3) is 0 Å². The number of benzene rings is 1. The SMILES string of the molecule is Cl.O=C(Nc1ccc(N2CCNCC2)cn1)c1ccc(Br)cc1Cl. The van der Waals surface area contributed by atoms with E-state index in [4.69, 9.17) is 11.6 Å². The lowest BCUT2D eigenvalue weighted by atomic mass is 10.2. The van der Waals surface area contributed by atoms with E-state index in [9.17, 15) is 4.79 Å². The standard InChI is InChI=1S/C16H16BrClN4O.ClH/c17-11-1-3-13(14(18)9-11)16(23)21-15-4-2-12(10-20-15)22-7-5-19-6-8-22;/h1-4,9-10,19H,5-8H2,(H,20,21,23);1H. The van der Waals surface area contributed by atoms with Gasteiger partial charge in [-0.15, -0.1) is 12.4 Å². The fraction of sp³-hybridized carbons (Fsp3) is 0.250. The van der Waals surface area contributed by atoms with E-state index < -0.39 is 0 Å². The lowest BCUT2D eigenvalue weighted by molar-refractivity contribution is 0.102. The molecule has 1 saturated heterocycles. The normalized spacial score (nSPS) is 14.0. The van der Waals surface area contributed by atoms with Gasteiger partial charge in [0.2, 0.25) is 0 Å². The highest BCUT2D eigenvalue weighted by Crippen LogP contribution is 2.22. The smallest absolute Gasteiger partial charge is 0.258 e. The predicted molar refractivity (Wildman–Crippen MR) is 104 cm³/mol. The molecular weight excluding hydrogens is 415 g/mol. The van der Waals surface area contributed by atoms with Crippen LogP contribution in [0.4, 0.5) is 11.5 Å². The topological polar surface area (TPSA) is 57.3 Å². The maximum absolute atomic E-state index is 12.3. The van der Waals surface area contributed by atoms with E-state index in [1.165, 1.54) is 0 Å². The van der Waals surface area contributed by atoms with Crippen molar-refractivity contribution in [2.75, 3.05) is 36.4 Å². The Hall–Kier alpha value is -1.34. The molecule has 1 aliphatic rings. The first-order valence-electron chi connectivity index (χ1n) is 7.31. The number of hydrogen-bond acceptors (Lipinski definition) is 4. The maximum Gasteiger partial charge on any atom is 0.258 e. The molecule has 0 saturated carbocycles. The molecule has 3 rings (SSSR count). The number of pyridine rings is 1. The molecule has 128 valence electrons. The van der Waals surface area contributed by atoms with Crippen molar-refractivity contribution in [2.45, 2.75) is 0 Å². The minimum Gasteiger partial charge on any atom is -0.368 e. The summed E-state index contributed by atoms with van der Waals surface area (Å²) in [5.41, 5.74) is 1.48. The zero-order chi connectivity index (χ0) is 16.2. The summed E-state index contributed by atoms with van der Waals surface area (Å²) in [6, 6.07) is 8.93. The third kappa shape index (κ3) is 4.60. The molecule has 0 bridgehead atoms. The predicted octanol–water partition coefficient (Wildman–Crippen LogP) is 3.58. The molecule has 8 heteroatoms. The summed E-state index contributed by atoms with van der Waals surface area (Å²) in [5, 5.41) is 6.48. The Balaban J connectivity index is 0.00000208. The Labute approximate surface area is 160 Å². The van der Waals surface area contributed by atoms with Crippen molar-refractivity contribution in [3.05, 3.63) is 51.6 Å². The number of nitrogens with one attached hydrogen (secondary N) is 2. The number of piperazine rings is 1. The summed E-state index contributed by atoms with van der Waals surface area (Å²) in [6.07, 6.45) is 1.78. The van der Waals surface area contributed by atoms with E-state index in [0.29, 0.717) is 16.4 Å². The zero-order valence-electron chi connectivity index (χ0n) is 12.8. The van der Waals surface area contributed by atoms with Crippen molar-refractivity contribution in [2.24, 2.45) is 0 Å². The summed E-state index contributed by atoms with van der Waals surface area (Å²) >= 11 is 9.41. The van der Waals surface area contributed by atoms with Crippen LogP contribution in [0.15, 0.2) is 41.0 Å². The highest BCUT2D eigenvalue weighted by Gasteiger charge is 2.13. The third-order valence-electron chi connectivity index (χ3n) is 3.65. The summed E-state index contributed by atoms with van der Waals surface area (Å²) in [7, 11) is 0. The summed E-state index contributed by atoms with van der Waals surface area (Å²) < 4.78 is 0.831. The van der Waals surface area contributed by atoms with Crippen LogP contribution in [0.2, 0.25) is 5.02 Å². The van der Waals surface area contributed by atoms with Gasteiger partial charge in [-0.05, 0) is 30.3 Å². The molecule has 5 nitrogen and oxygen atoms in total. The molecule has 2 N–H and O–H groups in total. The number of nitrogens with zero attached hydrogens (tertiary/aromatic N) is 2. The van der Waals surface area contributed by atoms with Crippen LogP contribution in [0.1, 0.15) is 10.4 Å². The highest BCUT2D eigenvalue weighted by atomic mass is 79.9. The van der Waals surface area contributed by atoms with E-state index in [0.717, 1.165) is 36.3 Å². The number of halogens is 3. The number of amides is 1. The first kappa shape index (κ1) is 19.0. The van der Waals surface area contributed by atoms with Crippen molar-refractivity contribution in [3.63, 3.8) is 0 Å². The lowest BCUT2D eigenvalue weighted by Crippen LogP contribution is -2.43. The van der Waals surface area contributed by atoms with Crippen LogP contribution < -0.4 is 15.5 Å². The van der Waals surface area contributed by atoms with Crippen molar-refractivity contribution < 1.29 is 4.79 Å². The largest absolute Gasteiger partial charge is 0.368 e. The third-order valence-corrected chi connectivity index (χ3v) is 4.45. The van der Waals surface area contributed by atoms with E-state index in [1.807, 2.05) is 12.1 Å². The van der Waals surface area contributed by atoms with E-state index in [1.54, 1.807) is 24.4 Å². The van der Waals surface area contributed by atoms with Gasteiger partial charge in [-0.25, -0.2) is 4.98 Å². The minimum atomic E-state index is -0.273. The fourth-order valence-electron chi connectivity index (χ4n) is 2.43. The van der Waals surface area contributed by atoms with E-state index in [-0.39, 0.29) is 18.3 Å². The fourth-order valence-corrected chi connectivity index (χ4v) is 3.19. The lowest BCUT2D eigenvalue weighted by Gasteiger charge is -2.29. The van der Waals surface area contributed by atoms with Gasteiger partial charge in [-0.1, -0.05) is 27.5 Å². The van der Waals surface area contributed by atoms with Crippen LogP contribution in [0, 0.1) is 0 Å². The molecule has 0 unspecified atom stereocenters. The van der Waals surface area contributed by atoms with Crippen LogP contribution in [-0.2, 0) is 0 Å². The Morgan fingerprint density at radius 3 is 2.62 bits per heavy atom. The Morgan fingerprint density at radius 1 is 1.25 bits per heavy atom. The van der Waals surface area contributed by atoms with Crippen LogP contribution >= 0.6 is 39.9 Å². The van der Waals surface area contributed by atoms with Crippen LogP contribution in [0.3, 0.4) is 0 Å². The molecule has 24 heavy (non-hydrogen) atoms. The minimum absolute atomic E-state index is 0. The molecule has 2 heterocycles. The first-order chi connectivity index (χ1) is 11.1.